The lowest BCUT2D eigenvalue weighted by Crippen LogP contribution is -2.61. The van der Waals surface area contributed by atoms with Crippen molar-refractivity contribution in [2.45, 2.75) is 131 Å². The van der Waals surface area contributed by atoms with Crippen LogP contribution in [-0.4, -0.2) is 11.3 Å². The molecule has 0 spiro atoms. The number of anilines is 6. The van der Waals surface area contributed by atoms with Crippen molar-refractivity contribution in [3.05, 3.63) is 301 Å². The highest BCUT2D eigenvalue weighted by molar-refractivity contribution is 7.00. The number of nitrogens with zero attached hydrogens (tertiary/aromatic N) is 3. The molecule has 5 heteroatoms. The maximum absolute atomic E-state index is 9.58. The number of hydrogen-bond donors (Lipinski definition) is 0. The number of rotatable bonds is 8. The predicted molar refractivity (Wildman–Crippen MR) is 443 cm³/mol. The van der Waals surface area contributed by atoms with E-state index in [2.05, 4.69) is 355 Å². The molecule has 0 saturated carbocycles. The van der Waals surface area contributed by atoms with E-state index < -0.39 is 12.8 Å². The Labute approximate surface area is 616 Å². The Morgan fingerprint density at radius 1 is 0.282 bits per heavy atom. The van der Waals surface area contributed by atoms with Gasteiger partial charge in [0.2, 0.25) is 0 Å². The van der Waals surface area contributed by atoms with E-state index in [-0.39, 0.29) is 56.8 Å². The minimum absolute atomic E-state index is 0.0853. The van der Waals surface area contributed by atoms with E-state index in [1.165, 1.54) is 38.6 Å². The molecule has 506 valence electrons. The van der Waals surface area contributed by atoms with Crippen LogP contribution in [-0.2, 0) is 27.1 Å². The van der Waals surface area contributed by atoms with Gasteiger partial charge in [-0.1, -0.05) is 298 Å². The highest BCUT2D eigenvalue weighted by Crippen LogP contribution is 2.52. The first-order chi connectivity index (χ1) is 51.3. The van der Waals surface area contributed by atoms with Gasteiger partial charge in [0.05, 0.1) is 29.3 Å². The lowest BCUT2D eigenvalue weighted by Gasteiger charge is -2.45. The standard InChI is InChI=1S/C98H90BN3O/c1-94(2,3)71-41-37-64(38-42-71)70-56-89-91-90(57-70)102(86-36-26-34-78-77-33-25-35-85(92(77)103-93(78)86)101-83-47-43-72(95(4,5)6)59-79(83)80-60-73(96(7,8)9)44-48-84(80)101)88-54-65(61-27-19-16-20-28-61)39-45-82(88)99(91)81-46-40-66(69-50-74(97(10,11)12)58-75(51-69)98(13,14)15)55-87(81)100(89)76-52-67(62-29-21-17-22-30-62)49-68(53-76)63-31-23-18-24-32-63/h16-60H,1-15H3/i16D,19D,20D,27D,28D. The van der Waals surface area contributed by atoms with Crippen LogP contribution >= 0.6 is 0 Å². The third-order valence-electron chi connectivity index (χ3n) is 21.8. The number of benzene rings is 13. The van der Waals surface area contributed by atoms with Gasteiger partial charge in [0, 0.05) is 50.0 Å². The van der Waals surface area contributed by atoms with Crippen LogP contribution in [0.3, 0.4) is 0 Å². The molecule has 0 radical (unpaired) electrons. The molecule has 17 rings (SSSR count). The molecule has 13 aromatic carbocycles. The zero-order valence-electron chi connectivity index (χ0n) is 66.9. The average molecular weight is 1340 g/mol. The summed E-state index contributed by atoms with van der Waals surface area (Å²) in [6, 6.07) is 88.0. The Morgan fingerprint density at radius 3 is 1.21 bits per heavy atom. The second-order valence-corrected chi connectivity index (χ2v) is 33.9. The molecule has 2 aliphatic heterocycles. The topological polar surface area (TPSA) is 24.6 Å². The van der Waals surface area contributed by atoms with Crippen LogP contribution in [0, 0.1) is 0 Å². The van der Waals surface area contributed by atoms with Gasteiger partial charge in [0.1, 0.15) is 0 Å². The van der Waals surface area contributed by atoms with Crippen LogP contribution in [0.5, 0.6) is 0 Å². The number of para-hydroxylation sites is 2. The van der Waals surface area contributed by atoms with E-state index in [1.807, 2.05) is 6.07 Å². The van der Waals surface area contributed by atoms with Crippen LogP contribution in [0.2, 0.25) is 0 Å². The van der Waals surface area contributed by atoms with E-state index in [0.717, 1.165) is 128 Å². The van der Waals surface area contributed by atoms with Crippen LogP contribution in [0.4, 0.5) is 34.1 Å². The first kappa shape index (κ1) is 59.8. The van der Waals surface area contributed by atoms with Crippen molar-refractivity contribution in [3.8, 4) is 61.3 Å². The molecular formula is C98H90BN3O. The third-order valence-corrected chi connectivity index (χ3v) is 21.8. The van der Waals surface area contributed by atoms with Crippen molar-refractivity contribution < 1.29 is 11.3 Å². The second-order valence-electron chi connectivity index (χ2n) is 33.9. The summed E-state index contributed by atoms with van der Waals surface area (Å²) in [6.07, 6.45) is 0. The quantitative estimate of drug-likeness (QED) is 0.142. The van der Waals surface area contributed by atoms with Crippen LogP contribution in [0.25, 0.3) is 105 Å². The van der Waals surface area contributed by atoms with E-state index in [4.69, 9.17) is 8.53 Å². The summed E-state index contributed by atoms with van der Waals surface area (Å²) >= 11 is 0. The Hall–Kier alpha value is -10.9. The maximum atomic E-state index is 9.58. The average Bonchev–Trinajstić information content (AvgIpc) is 0.774. The van der Waals surface area contributed by atoms with Crippen LogP contribution in [0.15, 0.2) is 277 Å². The Morgan fingerprint density at radius 2 is 0.699 bits per heavy atom. The van der Waals surface area contributed by atoms with E-state index in [9.17, 15) is 2.74 Å². The van der Waals surface area contributed by atoms with Gasteiger partial charge in [-0.2, -0.15) is 0 Å². The molecule has 0 amide bonds. The fourth-order valence-corrected chi connectivity index (χ4v) is 15.9. The third kappa shape index (κ3) is 11.3. The van der Waals surface area contributed by atoms with Gasteiger partial charge in [0.15, 0.2) is 11.2 Å². The van der Waals surface area contributed by atoms with Crippen molar-refractivity contribution in [1.82, 2.24) is 4.57 Å². The highest BCUT2D eigenvalue weighted by atomic mass is 16.3. The summed E-state index contributed by atoms with van der Waals surface area (Å²) in [5.74, 6) is 0. The number of aromatic nitrogens is 1. The lowest BCUT2D eigenvalue weighted by molar-refractivity contribution is 0.569. The highest BCUT2D eigenvalue weighted by Gasteiger charge is 2.45. The summed E-state index contributed by atoms with van der Waals surface area (Å²) in [5, 5.41) is 4.26. The van der Waals surface area contributed by atoms with Crippen LogP contribution in [0.1, 0.15) is 139 Å². The molecule has 2 aliphatic rings. The number of hydrogen-bond acceptors (Lipinski definition) is 3. The molecule has 15 aromatic rings. The van der Waals surface area contributed by atoms with E-state index in [1.54, 1.807) is 0 Å². The van der Waals surface area contributed by atoms with Gasteiger partial charge in [-0.25, -0.2) is 0 Å². The predicted octanol–water partition coefficient (Wildman–Crippen LogP) is 25.6. The summed E-state index contributed by atoms with van der Waals surface area (Å²) in [6.45, 7) is 33.9. The Bertz CT molecular complexity index is 6020. The molecular weight excluding hydrogens is 1250 g/mol. The SMILES string of the molecule is [2H]c1c([2H])c([2H])c(-c2ccc3c(c2)N(c2cccc4c2oc2c(-n5c6ccc(C(C)(C)C)cc6c6cc(C(C)(C)C)ccc65)cccc24)c2cc(-c4ccc(C(C)(C)C)cc4)cc4c2B3c2ccc(-c3cc(C(C)(C)C)cc(C(C)(C)C)c3)cc2N4c2cc(-c3ccccc3)cc(-c3ccccc3)c2)c([2H])c1[2H]. The van der Waals surface area contributed by atoms with Crippen molar-refractivity contribution >= 4 is 101 Å². The van der Waals surface area contributed by atoms with Crippen LogP contribution < -0.4 is 26.2 Å². The van der Waals surface area contributed by atoms with Gasteiger partial charge >= 0.3 is 0 Å². The van der Waals surface area contributed by atoms with Gasteiger partial charge in [0.25, 0.3) is 6.71 Å². The number of fused-ring (bicyclic) bond motifs is 10. The zero-order valence-corrected chi connectivity index (χ0v) is 61.9. The van der Waals surface area contributed by atoms with Crippen molar-refractivity contribution in [1.29, 1.82) is 0 Å². The molecule has 103 heavy (non-hydrogen) atoms. The molecule has 4 heterocycles. The normalized spacial score (nSPS) is 14.0. The summed E-state index contributed by atoms with van der Waals surface area (Å²) in [7, 11) is 0. The monoisotopic (exact) mass is 1340 g/mol. The van der Waals surface area contributed by atoms with E-state index in [0.29, 0.717) is 11.1 Å². The molecule has 2 aromatic heterocycles. The first-order valence-electron chi connectivity index (χ1n) is 39.0. The van der Waals surface area contributed by atoms with Gasteiger partial charge in [-0.15, -0.1) is 0 Å². The molecule has 0 saturated heterocycles. The Kier molecular flexibility index (Phi) is 13.8. The molecule has 0 N–H and O–H groups in total. The molecule has 4 nitrogen and oxygen atoms in total. The molecule has 0 unspecified atom stereocenters. The van der Waals surface area contributed by atoms with E-state index >= 15 is 0 Å². The van der Waals surface area contributed by atoms with Crippen molar-refractivity contribution in [2.75, 3.05) is 9.80 Å². The first-order valence-corrected chi connectivity index (χ1v) is 36.5. The van der Waals surface area contributed by atoms with Gasteiger partial charge in [-0.3, -0.25) is 0 Å². The summed E-state index contributed by atoms with van der Waals surface area (Å²) in [4.78, 5) is 4.90. The van der Waals surface area contributed by atoms with Crippen molar-refractivity contribution in [3.63, 3.8) is 0 Å². The zero-order chi connectivity index (χ0) is 75.7. The number of furan rings is 1. The summed E-state index contributed by atoms with van der Waals surface area (Å²) in [5.41, 5.74) is 28.1. The summed E-state index contributed by atoms with van der Waals surface area (Å²) < 4.78 is 56.3. The largest absolute Gasteiger partial charge is 0.452 e. The second kappa shape index (κ2) is 23.9. The molecule has 0 atom stereocenters. The molecule has 0 fully saturated rings. The fourth-order valence-electron chi connectivity index (χ4n) is 15.9. The van der Waals surface area contributed by atoms with Gasteiger partial charge < -0.3 is 18.8 Å². The minimum atomic E-state index is -0.438. The fraction of sp³-hybridized carbons (Fsp3) is 0.204. The molecule has 0 bridgehead atoms. The minimum Gasteiger partial charge on any atom is -0.452 e. The van der Waals surface area contributed by atoms with Crippen molar-refractivity contribution in [2.24, 2.45) is 0 Å². The van der Waals surface area contributed by atoms with Gasteiger partial charge in [-0.05, 0) is 206 Å². The lowest BCUT2D eigenvalue weighted by atomic mass is 9.33. The Balaban J connectivity index is 1.00. The smallest absolute Gasteiger partial charge is 0.252 e. The molecule has 0 aliphatic carbocycles. The maximum Gasteiger partial charge on any atom is 0.252 e.